The van der Waals surface area contributed by atoms with Crippen molar-refractivity contribution >= 4 is 11.9 Å². The fourth-order valence-electron chi connectivity index (χ4n) is 2.16. The molecular weight excluding hydrogens is 328 g/mol. The molecule has 1 rings (SSSR count). The van der Waals surface area contributed by atoms with Crippen molar-refractivity contribution < 1.29 is 9.53 Å². The molecule has 1 amide bonds. The van der Waals surface area contributed by atoms with Gasteiger partial charge in [-0.15, -0.1) is 0 Å². The first-order valence-electron chi connectivity index (χ1n) is 9.52. The van der Waals surface area contributed by atoms with Gasteiger partial charge in [0.15, 0.2) is 5.96 Å². The first kappa shape index (κ1) is 22.0. The molecule has 1 aromatic rings. The third-order valence-electron chi connectivity index (χ3n) is 3.67. The second-order valence-corrected chi connectivity index (χ2v) is 6.49. The summed E-state index contributed by atoms with van der Waals surface area (Å²) in [6, 6.07) is 9.89. The summed E-state index contributed by atoms with van der Waals surface area (Å²) in [6.45, 7) is 10.3. The van der Waals surface area contributed by atoms with Crippen LogP contribution in [-0.2, 0) is 16.1 Å². The van der Waals surface area contributed by atoms with E-state index in [0.717, 1.165) is 31.1 Å². The summed E-state index contributed by atoms with van der Waals surface area (Å²) in [7, 11) is 0. The van der Waals surface area contributed by atoms with E-state index in [4.69, 9.17) is 4.74 Å². The molecule has 0 atom stereocenters. The molecule has 0 spiro atoms. The van der Waals surface area contributed by atoms with Crippen LogP contribution in [0.15, 0.2) is 35.3 Å². The summed E-state index contributed by atoms with van der Waals surface area (Å²) in [5.74, 6) is 1.40. The highest BCUT2D eigenvalue weighted by Gasteiger charge is 2.03. The molecule has 0 aliphatic carbocycles. The quantitative estimate of drug-likeness (QED) is 0.303. The number of guanidine groups is 1. The normalized spacial score (nSPS) is 11.5. The predicted octanol–water partition coefficient (Wildman–Crippen LogP) is 2.31. The summed E-state index contributed by atoms with van der Waals surface area (Å²) < 4.78 is 5.56. The van der Waals surface area contributed by atoms with Crippen LogP contribution in [0, 0.1) is 5.92 Å². The largest absolute Gasteiger partial charge is 0.380 e. The van der Waals surface area contributed by atoms with Gasteiger partial charge in [0.2, 0.25) is 5.91 Å². The van der Waals surface area contributed by atoms with Gasteiger partial charge in [0.1, 0.15) is 0 Å². The Kier molecular flexibility index (Phi) is 11.9. The average Bonchev–Trinajstić information content (AvgIpc) is 2.63. The van der Waals surface area contributed by atoms with Gasteiger partial charge in [-0.05, 0) is 24.8 Å². The molecule has 0 aliphatic rings. The van der Waals surface area contributed by atoms with E-state index < -0.39 is 0 Å². The number of nitrogens with one attached hydrogen (secondary N) is 3. The lowest BCUT2D eigenvalue weighted by Gasteiger charge is -2.11. The molecule has 0 fully saturated rings. The maximum Gasteiger partial charge on any atom is 0.222 e. The van der Waals surface area contributed by atoms with Crippen LogP contribution in [0.3, 0.4) is 0 Å². The Hall–Kier alpha value is -2.08. The summed E-state index contributed by atoms with van der Waals surface area (Å²) >= 11 is 0. The Morgan fingerprint density at radius 2 is 1.88 bits per heavy atom. The fraction of sp³-hybridized carbons (Fsp3) is 0.600. The van der Waals surface area contributed by atoms with Crippen LogP contribution in [0.4, 0.5) is 0 Å². The average molecular weight is 363 g/mol. The highest BCUT2D eigenvalue weighted by molar-refractivity contribution is 5.81. The lowest BCUT2D eigenvalue weighted by Crippen LogP contribution is -2.39. The van der Waals surface area contributed by atoms with E-state index in [-0.39, 0.29) is 5.91 Å². The smallest absolute Gasteiger partial charge is 0.222 e. The van der Waals surface area contributed by atoms with E-state index in [9.17, 15) is 4.79 Å². The number of hydrogen-bond donors (Lipinski definition) is 3. The van der Waals surface area contributed by atoms with E-state index in [1.165, 1.54) is 0 Å². The number of ether oxygens (including phenoxy) is 1. The third kappa shape index (κ3) is 11.5. The molecule has 6 nitrogen and oxygen atoms in total. The fourth-order valence-corrected chi connectivity index (χ4v) is 2.16. The highest BCUT2D eigenvalue weighted by Crippen LogP contribution is 1.98. The van der Waals surface area contributed by atoms with Crippen molar-refractivity contribution in [3.05, 3.63) is 35.9 Å². The van der Waals surface area contributed by atoms with E-state index >= 15 is 0 Å². The van der Waals surface area contributed by atoms with Gasteiger partial charge in [0.05, 0.1) is 13.2 Å². The standard InChI is InChI=1S/C20H34N4O2/c1-4-21-20(23-13-15-26-14-11-17(2)3)22-12-10-19(25)24-16-18-8-6-5-7-9-18/h5-9,17H,4,10-16H2,1-3H3,(H,24,25)(H2,21,22,23). The topological polar surface area (TPSA) is 74.8 Å². The Balaban J connectivity index is 2.18. The molecule has 0 heterocycles. The Morgan fingerprint density at radius 1 is 1.12 bits per heavy atom. The number of benzene rings is 1. The summed E-state index contributed by atoms with van der Waals surface area (Å²) in [6.07, 6.45) is 1.47. The Morgan fingerprint density at radius 3 is 2.58 bits per heavy atom. The lowest BCUT2D eigenvalue weighted by atomic mass is 10.1. The van der Waals surface area contributed by atoms with Gasteiger partial charge >= 0.3 is 0 Å². The van der Waals surface area contributed by atoms with E-state index in [2.05, 4.69) is 34.8 Å². The number of aliphatic imine (C=N–C) groups is 1. The molecule has 0 radical (unpaired) electrons. The number of amides is 1. The van der Waals surface area contributed by atoms with Crippen molar-refractivity contribution in [2.75, 3.05) is 32.8 Å². The monoisotopic (exact) mass is 362 g/mol. The molecule has 6 heteroatoms. The van der Waals surface area contributed by atoms with Crippen molar-refractivity contribution in [1.82, 2.24) is 16.0 Å². The molecule has 3 N–H and O–H groups in total. The second-order valence-electron chi connectivity index (χ2n) is 6.49. The van der Waals surface area contributed by atoms with Crippen molar-refractivity contribution in [3.63, 3.8) is 0 Å². The van der Waals surface area contributed by atoms with Crippen LogP contribution in [0.25, 0.3) is 0 Å². The van der Waals surface area contributed by atoms with Crippen LogP contribution in [0.5, 0.6) is 0 Å². The number of nitrogens with zero attached hydrogens (tertiary/aromatic N) is 1. The van der Waals surface area contributed by atoms with Crippen molar-refractivity contribution in [2.24, 2.45) is 10.9 Å². The van der Waals surface area contributed by atoms with Gasteiger partial charge in [0.25, 0.3) is 0 Å². The van der Waals surface area contributed by atoms with Crippen molar-refractivity contribution in [2.45, 2.75) is 40.2 Å². The number of carbonyl (C=O) groups is 1. The maximum absolute atomic E-state index is 11.9. The van der Waals surface area contributed by atoms with Gasteiger partial charge in [-0.25, -0.2) is 0 Å². The van der Waals surface area contributed by atoms with Gasteiger partial charge in [-0.2, -0.15) is 0 Å². The predicted molar refractivity (Wildman–Crippen MR) is 107 cm³/mol. The van der Waals surface area contributed by atoms with Crippen LogP contribution in [0.1, 0.15) is 39.2 Å². The minimum absolute atomic E-state index is 0.0224. The van der Waals surface area contributed by atoms with Crippen molar-refractivity contribution in [3.8, 4) is 0 Å². The molecule has 0 bridgehead atoms. The molecule has 0 saturated carbocycles. The number of rotatable bonds is 12. The molecule has 0 aliphatic heterocycles. The number of carbonyl (C=O) groups excluding carboxylic acids is 1. The highest BCUT2D eigenvalue weighted by atomic mass is 16.5. The Bertz CT molecular complexity index is 518. The first-order valence-corrected chi connectivity index (χ1v) is 9.52. The van der Waals surface area contributed by atoms with Gasteiger partial charge < -0.3 is 20.7 Å². The third-order valence-corrected chi connectivity index (χ3v) is 3.67. The SMILES string of the molecule is CCNC(=NCCOCCC(C)C)NCCC(=O)NCc1ccccc1. The summed E-state index contributed by atoms with van der Waals surface area (Å²) in [5.41, 5.74) is 1.10. The van der Waals surface area contributed by atoms with Crippen LogP contribution in [-0.4, -0.2) is 44.7 Å². The van der Waals surface area contributed by atoms with Gasteiger partial charge in [0, 0.05) is 32.7 Å². The van der Waals surface area contributed by atoms with Crippen molar-refractivity contribution in [1.29, 1.82) is 0 Å². The summed E-state index contributed by atoms with van der Waals surface area (Å²) in [5, 5.41) is 9.28. The molecule has 0 saturated heterocycles. The minimum atomic E-state index is 0.0224. The zero-order valence-corrected chi connectivity index (χ0v) is 16.4. The number of hydrogen-bond acceptors (Lipinski definition) is 3. The molecule has 0 aromatic heterocycles. The van der Waals surface area contributed by atoms with E-state index in [0.29, 0.717) is 38.6 Å². The molecular formula is C20H34N4O2. The minimum Gasteiger partial charge on any atom is -0.380 e. The van der Waals surface area contributed by atoms with Crippen LogP contribution in [0.2, 0.25) is 0 Å². The lowest BCUT2D eigenvalue weighted by molar-refractivity contribution is -0.121. The van der Waals surface area contributed by atoms with Crippen LogP contribution >= 0.6 is 0 Å². The zero-order valence-electron chi connectivity index (χ0n) is 16.4. The molecule has 146 valence electrons. The van der Waals surface area contributed by atoms with Crippen LogP contribution < -0.4 is 16.0 Å². The van der Waals surface area contributed by atoms with E-state index in [1.54, 1.807) is 0 Å². The maximum atomic E-state index is 11.9. The Labute approximate surface area is 157 Å². The molecule has 0 unspecified atom stereocenters. The summed E-state index contributed by atoms with van der Waals surface area (Å²) in [4.78, 5) is 16.4. The zero-order chi connectivity index (χ0) is 19.0. The first-order chi connectivity index (χ1) is 12.6. The molecule has 1 aromatic carbocycles. The van der Waals surface area contributed by atoms with Gasteiger partial charge in [-0.1, -0.05) is 44.2 Å². The second kappa shape index (κ2) is 14.1. The van der Waals surface area contributed by atoms with Gasteiger partial charge in [-0.3, -0.25) is 9.79 Å². The van der Waals surface area contributed by atoms with E-state index in [1.807, 2.05) is 37.3 Å². The molecule has 26 heavy (non-hydrogen) atoms.